The molecule has 0 radical (unpaired) electrons. The Kier molecular flexibility index (Phi) is 9.47. The number of oxazole rings is 1. The molecule has 3 aliphatic heterocycles. The number of pyridine rings is 1. The lowest BCUT2D eigenvalue weighted by Crippen LogP contribution is -2.53. The van der Waals surface area contributed by atoms with Gasteiger partial charge < -0.3 is 29.8 Å². The van der Waals surface area contributed by atoms with Gasteiger partial charge in [-0.3, -0.25) is 24.8 Å². The van der Waals surface area contributed by atoms with E-state index in [2.05, 4.69) is 35.8 Å². The first kappa shape index (κ1) is 29.0. The second-order valence-electron chi connectivity index (χ2n) is 10.9. The molecule has 1 fully saturated rings. The van der Waals surface area contributed by atoms with Crippen molar-refractivity contribution >= 4 is 17.6 Å². The Bertz CT molecular complexity index is 1240. The van der Waals surface area contributed by atoms with Crippen LogP contribution in [0, 0.1) is 6.92 Å². The minimum atomic E-state index is -0.692. The second-order valence-corrected chi connectivity index (χ2v) is 10.9. The molecular formula is C28H40N8O5. The highest BCUT2D eigenvalue weighted by Crippen LogP contribution is 2.21. The van der Waals surface area contributed by atoms with Crippen LogP contribution in [0.4, 0.5) is 0 Å². The van der Waals surface area contributed by atoms with Crippen LogP contribution in [0.15, 0.2) is 27.9 Å². The van der Waals surface area contributed by atoms with E-state index in [4.69, 9.17) is 9.15 Å². The van der Waals surface area contributed by atoms with E-state index in [-0.39, 0.29) is 31.0 Å². The first-order valence-corrected chi connectivity index (χ1v) is 14.3. The zero-order chi connectivity index (χ0) is 28.8. The van der Waals surface area contributed by atoms with E-state index in [1.54, 1.807) is 6.92 Å². The molecule has 0 aliphatic carbocycles. The Balaban J connectivity index is 1.02. The monoisotopic (exact) mass is 568 g/mol. The predicted molar refractivity (Wildman–Crippen MR) is 150 cm³/mol. The van der Waals surface area contributed by atoms with Crippen molar-refractivity contribution in [1.29, 1.82) is 0 Å². The summed E-state index contributed by atoms with van der Waals surface area (Å²) < 4.78 is 11.1. The van der Waals surface area contributed by atoms with Crippen LogP contribution >= 0.6 is 0 Å². The maximum absolute atomic E-state index is 12.8. The smallest absolute Gasteiger partial charge is 0.237 e. The van der Waals surface area contributed by atoms with Crippen LogP contribution in [-0.2, 0) is 29.2 Å². The van der Waals surface area contributed by atoms with Gasteiger partial charge in [-0.2, -0.15) is 0 Å². The number of ether oxygens (including phenoxy) is 1. The molecular weight excluding hydrogens is 528 g/mol. The minimum absolute atomic E-state index is 0.110. The summed E-state index contributed by atoms with van der Waals surface area (Å²) in [5.41, 5.74) is 2.90. The number of fused-ring (bicyclic) bond motifs is 1. The average molecular weight is 569 g/mol. The minimum Gasteiger partial charge on any atom is -0.469 e. The number of aliphatic hydroxyl groups is 1. The molecule has 222 valence electrons. The number of nitrogens with one attached hydrogen (secondary N) is 3. The van der Waals surface area contributed by atoms with Gasteiger partial charge in [0.2, 0.25) is 17.7 Å². The molecule has 5 rings (SSSR count). The van der Waals surface area contributed by atoms with Crippen LogP contribution in [0.3, 0.4) is 0 Å². The summed E-state index contributed by atoms with van der Waals surface area (Å²) in [5.74, 6) is 2.01. The lowest BCUT2D eigenvalue weighted by molar-refractivity contribution is -0.130. The lowest BCUT2D eigenvalue weighted by atomic mass is 10.0. The third-order valence-corrected chi connectivity index (χ3v) is 7.91. The van der Waals surface area contributed by atoms with Gasteiger partial charge in [-0.05, 0) is 25.3 Å². The molecule has 0 saturated carbocycles. The number of amides is 2. The lowest BCUT2D eigenvalue weighted by Gasteiger charge is -2.33. The van der Waals surface area contributed by atoms with Gasteiger partial charge in [0.15, 0.2) is 12.2 Å². The van der Waals surface area contributed by atoms with Crippen molar-refractivity contribution in [3.63, 3.8) is 0 Å². The molecule has 13 heteroatoms. The fourth-order valence-electron chi connectivity index (χ4n) is 5.44. The van der Waals surface area contributed by atoms with Crippen LogP contribution in [0.25, 0.3) is 0 Å². The van der Waals surface area contributed by atoms with E-state index >= 15 is 0 Å². The van der Waals surface area contributed by atoms with E-state index in [0.717, 1.165) is 61.7 Å². The summed E-state index contributed by atoms with van der Waals surface area (Å²) >= 11 is 0. The Hall–Kier alpha value is -3.55. The van der Waals surface area contributed by atoms with Crippen molar-refractivity contribution in [2.45, 2.75) is 70.9 Å². The number of carbonyl (C=O) groups is 2. The summed E-state index contributed by atoms with van der Waals surface area (Å²) in [6.07, 6.45) is 3.66. The normalized spacial score (nSPS) is 20.6. The van der Waals surface area contributed by atoms with E-state index < -0.39 is 12.1 Å². The summed E-state index contributed by atoms with van der Waals surface area (Å²) in [7, 11) is 0. The number of aryl methyl sites for hydroxylation is 1. The number of amidine groups is 1. The molecule has 41 heavy (non-hydrogen) atoms. The van der Waals surface area contributed by atoms with E-state index in [0.29, 0.717) is 37.8 Å². The highest BCUT2D eigenvalue weighted by molar-refractivity contribution is 5.91. The highest BCUT2D eigenvalue weighted by Gasteiger charge is 2.27. The molecule has 0 spiro atoms. The topological polar surface area (TPSA) is 157 Å². The Morgan fingerprint density at radius 2 is 2.10 bits per heavy atom. The number of rotatable bonds is 9. The van der Waals surface area contributed by atoms with Gasteiger partial charge in [0.05, 0.1) is 30.2 Å². The van der Waals surface area contributed by atoms with Crippen molar-refractivity contribution in [3.05, 3.63) is 41.2 Å². The predicted octanol–water partition coefficient (Wildman–Crippen LogP) is 0.111. The number of aromatic nitrogens is 2. The number of nitrogens with zero attached hydrogens (tertiary/aromatic N) is 5. The fourth-order valence-corrected chi connectivity index (χ4v) is 5.44. The Labute approximate surface area is 239 Å². The van der Waals surface area contributed by atoms with Crippen LogP contribution in [0.1, 0.15) is 48.9 Å². The molecule has 1 unspecified atom stereocenters. The van der Waals surface area contributed by atoms with Gasteiger partial charge in [-0.25, -0.2) is 9.97 Å². The van der Waals surface area contributed by atoms with E-state index in [1.165, 1.54) is 6.39 Å². The van der Waals surface area contributed by atoms with Crippen molar-refractivity contribution in [2.75, 3.05) is 39.4 Å². The molecule has 2 aromatic heterocycles. The summed E-state index contributed by atoms with van der Waals surface area (Å²) in [5, 5.41) is 20.2. The molecule has 2 aromatic rings. The highest BCUT2D eigenvalue weighted by atomic mass is 16.5. The fraction of sp³-hybridized carbons (Fsp3) is 0.607. The Morgan fingerprint density at radius 1 is 1.27 bits per heavy atom. The SMILES string of the molecule is CC(=O)N1CCC(NC2=NCNC(C(=O)NC[C@H](O)CN3CCc4nc(OCc5ocnc5C)ccc4C3)C2)CC1. The van der Waals surface area contributed by atoms with Crippen LogP contribution in [0.5, 0.6) is 5.88 Å². The van der Waals surface area contributed by atoms with Gasteiger partial charge in [-0.1, -0.05) is 6.07 Å². The van der Waals surface area contributed by atoms with Crippen LogP contribution in [0.2, 0.25) is 0 Å². The van der Waals surface area contributed by atoms with Crippen LogP contribution in [-0.4, -0.2) is 100 Å². The van der Waals surface area contributed by atoms with Gasteiger partial charge >= 0.3 is 0 Å². The average Bonchev–Trinajstić information content (AvgIpc) is 3.39. The second kappa shape index (κ2) is 13.4. The first-order valence-electron chi connectivity index (χ1n) is 14.3. The summed E-state index contributed by atoms with van der Waals surface area (Å²) in [6, 6.07) is 3.71. The molecule has 3 aliphatic rings. The molecule has 2 amide bonds. The number of aliphatic imine (C=N–C) groups is 1. The summed E-state index contributed by atoms with van der Waals surface area (Å²) in [6.45, 7) is 7.66. The summed E-state index contributed by atoms with van der Waals surface area (Å²) in [4.78, 5) is 41.6. The van der Waals surface area contributed by atoms with Crippen molar-refractivity contribution in [2.24, 2.45) is 4.99 Å². The number of carbonyl (C=O) groups excluding carboxylic acids is 2. The maximum Gasteiger partial charge on any atom is 0.237 e. The molecule has 0 bridgehead atoms. The van der Waals surface area contributed by atoms with Gasteiger partial charge in [0, 0.05) is 71.1 Å². The van der Waals surface area contributed by atoms with E-state index in [1.807, 2.05) is 24.0 Å². The zero-order valence-electron chi connectivity index (χ0n) is 23.8. The third-order valence-electron chi connectivity index (χ3n) is 7.91. The molecule has 2 atom stereocenters. The molecule has 13 nitrogen and oxygen atoms in total. The maximum atomic E-state index is 12.8. The number of hydrogen-bond acceptors (Lipinski definition) is 11. The third kappa shape index (κ3) is 7.80. The molecule has 4 N–H and O–H groups in total. The quantitative estimate of drug-likeness (QED) is 0.327. The van der Waals surface area contributed by atoms with Crippen molar-refractivity contribution < 1.29 is 23.8 Å². The largest absolute Gasteiger partial charge is 0.469 e. The number of piperidine rings is 1. The van der Waals surface area contributed by atoms with Crippen molar-refractivity contribution in [1.82, 2.24) is 35.7 Å². The van der Waals surface area contributed by atoms with Crippen molar-refractivity contribution in [3.8, 4) is 5.88 Å². The van der Waals surface area contributed by atoms with Gasteiger partial charge in [0.25, 0.3) is 0 Å². The zero-order valence-corrected chi connectivity index (χ0v) is 23.8. The number of aliphatic hydroxyl groups excluding tert-OH is 1. The van der Waals surface area contributed by atoms with E-state index in [9.17, 15) is 14.7 Å². The number of hydrogen-bond donors (Lipinski definition) is 4. The molecule has 0 aromatic carbocycles. The van der Waals surface area contributed by atoms with Crippen LogP contribution < -0.4 is 20.7 Å². The molecule has 5 heterocycles. The van der Waals surface area contributed by atoms with Gasteiger partial charge in [-0.15, -0.1) is 0 Å². The standard InChI is InChI=1S/C28H40N8O5/c1-18-25(41-17-32-18)15-40-27-4-3-20-13-35(8-7-23(20)34-27)14-22(38)12-29-28(39)24-11-26(31-16-30-24)33-21-5-9-36(10-6-21)19(2)37/h3-4,17,21-22,24,30,38H,5-16H2,1-2H3,(H,29,39)(H,31,33)/t22-,24?/m0/s1. The molecule has 1 saturated heterocycles. The number of β-amino-alcohol motifs (C(OH)–C–C–N with tert-alkyl or cyclic N) is 1. The Morgan fingerprint density at radius 3 is 2.85 bits per heavy atom. The number of likely N-dealkylation sites (tertiary alicyclic amines) is 1. The van der Waals surface area contributed by atoms with Gasteiger partial charge in [0.1, 0.15) is 12.4 Å². The first-order chi connectivity index (χ1) is 19.8.